The Bertz CT molecular complexity index is 328. The number of carbonyl (C=O) groups is 1. The zero-order chi connectivity index (χ0) is 10.4. The molecule has 0 aromatic heterocycles. The summed E-state index contributed by atoms with van der Waals surface area (Å²) in [6.07, 6.45) is 1.41. The van der Waals surface area contributed by atoms with Gasteiger partial charge in [-0.3, -0.25) is 0 Å². The largest absolute Gasteiger partial charge is 0.423 e. The summed E-state index contributed by atoms with van der Waals surface area (Å²) in [5, 5.41) is 8.57. The number of ether oxygens (including phenoxy) is 1. The van der Waals surface area contributed by atoms with Gasteiger partial charge in [0.2, 0.25) is 0 Å². The molecular formula is C11H12O3. The molecule has 1 aromatic rings. The van der Waals surface area contributed by atoms with Crippen LogP contribution in [0.25, 0.3) is 0 Å². The molecule has 0 bridgehead atoms. The van der Waals surface area contributed by atoms with Crippen LogP contribution < -0.4 is 4.74 Å². The summed E-state index contributed by atoms with van der Waals surface area (Å²) in [4.78, 5) is 11.3. The van der Waals surface area contributed by atoms with Gasteiger partial charge in [0.25, 0.3) is 0 Å². The Balaban J connectivity index is 2.62. The molecule has 0 amide bonds. The van der Waals surface area contributed by atoms with Gasteiger partial charge in [0.15, 0.2) is 0 Å². The molecule has 0 atom stereocenters. The van der Waals surface area contributed by atoms with Crippen molar-refractivity contribution < 1.29 is 14.6 Å². The van der Waals surface area contributed by atoms with E-state index >= 15 is 0 Å². The molecule has 1 N–H and O–H groups in total. The van der Waals surface area contributed by atoms with Gasteiger partial charge in [0, 0.05) is 5.57 Å². The minimum atomic E-state index is -0.440. The lowest BCUT2D eigenvalue weighted by molar-refractivity contribution is -0.130. The summed E-state index contributed by atoms with van der Waals surface area (Å²) in [7, 11) is 0. The van der Waals surface area contributed by atoms with Crippen LogP contribution in [0.3, 0.4) is 0 Å². The minimum absolute atomic E-state index is 0.157. The molecule has 14 heavy (non-hydrogen) atoms. The van der Waals surface area contributed by atoms with E-state index in [-0.39, 0.29) is 6.61 Å². The number of esters is 1. The molecular weight excluding hydrogens is 180 g/mol. The number of aliphatic hydroxyl groups is 1. The minimum Gasteiger partial charge on any atom is -0.423 e. The zero-order valence-corrected chi connectivity index (χ0v) is 7.93. The Kier molecular flexibility index (Phi) is 3.88. The molecule has 3 heteroatoms. The van der Waals surface area contributed by atoms with Crippen LogP contribution in [-0.2, 0) is 4.79 Å². The van der Waals surface area contributed by atoms with Crippen LogP contribution in [0.2, 0.25) is 0 Å². The maximum atomic E-state index is 11.3. The number of hydrogen-bond donors (Lipinski definition) is 1. The number of para-hydroxylation sites is 1. The van der Waals surface area contributed by atoms with E-state index in [2.05, 4.69) is 0 Å². The van der Waals surface area contributed by atoms with E-state index < -0.39 is 5.97 Å². The van der Waals surface area contributed by atoms with Gasteiger partial charge in [0.1, 0.15) is 5.75 Å². The van der Waals surface area contributed by atoms with Crippen molar-refractivity contribution >= 4 is 5.97 Å². The summed E-state index contributed by atoms with van der Waals surface area (Å²) >= 11 is 0. The third-order valence-corrected chi connectivity index (χ3v) is 1.67. The second-order valence-electron chi connectivity index (χ2n) is 2.77. The Labute approximate surface area is 82.6 Å². The highest BCUT2D eigenvalue weighted by molar-refractivity contribution is 5.89. The van der Waals surface area contributed by atoms with Crippen molar-refractivity contribution in [3.05, 3.63) is 42.0 Å². The first kappa shape index (κ1) is 10.5. The van der Waals surface area contributed by atoms with E-state index in [1.165, 1.54) is 6.08 Å². The van der Waals surface area contributed by atoms with E-state index in [1.807, 2.05) is 6.07 Å². The zero-order valence-electron chi connectivity index (χ0n) is 7.93. The van der Waals surface area contributed by atoms with Gasteiger partial charge < -0.3 is 9.84 Å². The Hall–Kier alpha value is -1.61. The molecule has 0 unspecified atom stereocenters. The Morgan fingerprint density at radius 2 is 2.07 bits per heavy atom. The van der Waals surface area contributed by atoms with Crippen LogP contribution in [-0.4, -0.2) is 17.7 Å². The maximum absolute atomic E-state index is 11.3. The smallest absolute Gasteiger partial charge is 0.338 e. The molecule has 0 radical (unpaired) electrons. The van der Waals surface area contributed by atoms with Gasteiger partial charge in [-0.2, -0.15) is 0 Å². The molecule has 74 valence electrons. The van der Waals surface area contributed by atoms with Crippen LogP contribution in [0.4, 0.5) is 0 Å². The second-order valence-corrected chi connectivity index (χ2v) is 2.77. The topological polar surface area (TPSA) is 46.5 Å². The second kappa shape index (κ2) is 5.19. The highest BCUT2D eigenvalue weighted by Gasteiger charge is 2.05. The Morgan fingerprint density at radius 1 is 1.43 bits per heavy atom. The first-order valence-corrected chi connectivity index (χ1v) is 4.29. The van der Waals surface area contributed by atoms with Crippen molar-refractivity contribution in [3.8, 4) is 5.75 Å². The van der Waals surface area contributed by atoms with Crippen LogP contribution >= 0.6 is 0 Å². The first-order valence-electron chi connectivity index (χ1n) is 4.29. The van der Waals surface area contributed by atoms with Crippen molar-refractivity contribution in [2.45, 2.75) is 6.92 Å². The lowest BCUT2D eigenvalue weighted by Gasteiger charge is -2.03. The normalized spacial score (nSPS) is 11.1. The molecule has 0 heterocycles. The highest BCUT2D eigenvalue weighted by atomic mass is 16.5. The van der Waals surface area contributed by atoms with Gasteiger partial charge in [-0.15, -0.1) is 0 Å². The quantitative estimate of drug-likeness (QED) is 0.449. The van der Waals surface area contributed by atoms with Crippen LogP contribution in [0, 0.1) is 0 Å². The maximum Gasteiger partial charge on any atom is 0.338 e. The van der Waals surface area contributed by atoms with E-state index in [4.69, 9.17) is 9.84 Å². The van der Waals surface area contributed by atoms with Gasteiger partial charge in [-0.25, -0.2) is 4.79 Å². The van der Waals surface area contributed by atoms with Gasteiger partial charge in [0.05, 0.1) is 6.61 Å². The predicted octanol–water partition coefficient (Wildman–Crippen LogP) is 1.53. The number of rotatable bonds is 3. The standard InChI is InChI=1S/C11H12O3/c1-9(7-8-12)11(13)14-10-5-3-2-4-6-10/h2-7,12H,8H2,1H3. The monoisotopic (exact) mass is 192 g/mol. The number of carbonyl (C=O) groups excluding carboxylic acids is 1. The van der Waals surface area contributed by atoms with Crippen LogP contribution in [0.1, 0.15) is 6.92 Å². The first-order chi connectivity index (χ1) is 6.74. The van der Waals surface area contributed by atoms with Crippen molar-refractivity contribution in [3.63, 3.8) is 0 Å². The summed E-state index contributed by atoms with van der Waals surface area (Å²) < 4.78 is 5.01. The molecule has 0 aliphatic carbocycles. The molecule has 1 aromatic carbocycles. The highest BCUT2D eigenvalue weighted by Crippen LogP contribution is 2.10. The van der Waals surface area contributed by atoms with Gasteiger partial charge in [-0.1, -0.05) is 18.2 Å². The summed E-state index contributed by atoms with van der Waals surface area (Å²) in [6, 6.07) is 8.81. The molecule has 0 saturated heterocycles. The van der Waals surface area contributed by atoms with E-state index in [0.717, 1.165) is 0 Å². The lowest BCUT2D eigenvalue weighted by Crippen LogP contribution is -2.09. The molecule has 0 aliphatic heterocycles. The molecule has 1 rings (SSSR count). The fourth-order valence-corrected chi connectivity index (χ4v) is 0.896. The Morgan fingerprint density at radius 3 is 2.64 bits per heavy atom. The van der Waals surface area contributed by atoms with Gasteiger partial charge >= 0.3 is 5.97 Å². The van der Waals surface area contributed by atoms with E-state index in [1.54, 1.807) is 31.2 Å². The van der Waals surface area contributed by atoms with Gasteiger partial charge in [-0.05, 0) is 25.1 Å². The molecule has 0 fully saturated rings. The van der Waals surface area contributed by atoms with Crippen molar-refractivity contribution in [2.24, 2.45) is 0 Å². The number of hydrogen-bond acceptors (Lipinski definition) is 3. The lowest BCUT2D eigenvalue weighted by atomic mass is 10.3. The molecule has 0 spiro atoms. The van der Waals surface area contributed by atoms with Crippen LogP contribution in [0.5, 0.6) is 5.75 Å². The average molecular weight is 192 g/mol. The van der Waals surface area contributed by atoms with Crippen molar-refractivity contribution in [1.29, 1.82) is 0 Å². The predicted molar refractivity (Wildman–Crippen MR) is 52.9 cm³/mol. The van der Waals surface area contributed by atoms with E-state index in [9.17, 15) is 4.79 Å². The molecule has 3 nitrogen and oxygen atoms in total. The van der Waals surface area contributed by atoms with Crippen LogP contribution in [0.15, 0.2) is 42.0 Å². The SMILES string of the molecule is CC(=CCO)C(=O)Oc1ccccc1. The fraction of sp³-hybridized carbons (Fsp3) is 0.182. The molecule has 0 saturated carbocycles. The average Bonchev–Trinajstić information content (AvgIpc) is 2.19. The fourth-order valence-electron chi connectivity index (χ4n) is 0.896. The molecule has 0 aliphatic rings. The third kappa shape index (κ3) is 3.03. The third-order valence-electron chi connectivity index (χ3n) is 1.67. The summed E-state index contributed by atoms with van der Waals surface area (Å²) in [5.74, 6) is 0.0634. The number of aliphatic hydroxyl groups excluding tert-OH is 1. The van der Waals surface area contributed by atoms with Crippen molar-refractivity contribution in [1.82, 2.24) is 0 Å². The number of benzene rings is 1. The summed E-state index contributed by atoms with van der Waals surface area (Å²) in [6.45, 7) is 1.44. The summed E-state index contributed by atoms with van der Waals surface area (Å²) in [5.41, 5.74) is 0.399. The van der Waals surface area contributed by atoms with Crippen molar-refractivity contribution in [2.75, 3.05) is 6.61 Å². The van der Waals surface area contributed by atoms with E-state index in [0.29, 0.717) is 11.3 Å².